The van der Waals surface area contributed by atoms with Crippen molar-refractivity contribution in [3.63, 3.8) is 0 Å². The number of para-hydroxylation sites is 1. The molecule has 0 aliphatic carbocycles. The molecule has 188 valence electrons. The molecule has 2 heterocycles. The van der Waals surface area contributed by atoms with Crippen molar-refractivity contribution in [2.45, 2.75) is 5.92 Å². The minimum atomic E-state index is -0.295. The molecule has 3 aromatic rings. The SMILES string of the molecule is C=CC(=O)Nc1cc(Nc2nccc(C3CN(C)c4ccccc43)n2)c(OC)cc1N(C)CCNC. The number of anilines is 5. The van der Waals surface area contributed by atoms with E-state index >= 15 is 0 Å². The molecule has 1 aliphatic rings. The fourth-order valence-corrected chi connectivity index (χ4v) is 4.44. The molecule has 0 radical (unpaired) electrons. The lowest BCUT2D eigenvalue weighted by atomic mass is 9.98. The van der Waals surface area contributed by atoms with Gasteiger partial charge in [0.2, 0.25) is 11.9 Å². The van der Waals surface area contributed by atoms with Crippen molar-refractivity contribution in [1.82, 2.24) is 15.3 Å². The Hall–Kier alpha value is -4.11. The molecule has 0 spiro atoms. The van der Waals surface area contributed by atoms with Crippen molar-refractivity contribution >= 4 is 34.6 Å². The van der Waals surface area contributed by atoms with Crippen LogP contribution in [0.2, 0.25) is 0 Å². The van der Waals surface area contributed by atoms with Crippen LogP contribution in [0, 0.1) is 0 Å². The van der Waals surface area contributed by atoms with Crippen LogP contribution in [-0.2, 0) is 4.79 Å². The van der Waals surface area contributed by atoms with Crippen molar-refractivity contribution in [3.8, 4) is 5.75 Å². The summed E-state index contributed by atoms with van der Waals surface area (Å²) in [5, 5.41) is 9.34. The van der Waals surface area contributed by atoms with Gasteiger partial charge < -0.3 is 30.5 Å². The van der Waals surface area contributed by atoms with E-state index in [0.717, 1.165) is 31.0 Å². The lowest BCUT2D eigenvalue weighted by molar-refractivity contribution is -0.111. The summed E-state index contributed by atoms with van der Waals surface area (Å²) in [5.41, 5.74) is 5.51. The molecule has 4 rings (SSSR count). The normalized spacial score (nSPS) is 14.2. The van der Waals surface area contributed by atoms with Crippen molar-refractivity contribution in [2.24, 2.45) is 0 Å². The van der Waals surface area contributed by atoms with Gasteiger partial charge in [0.1, 0.15) is 5.75 Å². The van der Waals surface area contributed by atoms with Crippen molar-refractivity contribution in [2.75, 3.05) is 68.3 Å². The van der Waals surface area contributed by atoms with E-state index in [4.69, 9.17) is 9.72 Å². The van der Waals surface area contributed by atoms with Crippen molar-refractivity contribution < 1.29 is 9.53 Å². The van der Waals surface area contributed by atoms with Crippen molar-refractivity contribution in [1.29, 1.82) is 0 Å². The summed E-state index contributed by atoms with van der Waals surface area (Å²) in [6, 6.07) is 14.1. The summed E-state index contributed by atoms with van der Waals surface area (Å²) in [6.45, 7) is 5.95. The number of amides is 1. The molecule has 1 unspecified atom stereocenters. The monoisotopic (exact) mass is 487 g/mol. The van der Waals surface area contributed by atoms with Crippen LogP contribution in [0.15, 0.2) is 61.3 Å². The molecule has 9 nitrogen and oxygen atoms in total. The van der Waals surface area contributed by atoms with Gasteiger partial charge in [-0.3, -0.25) is 4.79 Å². The van der Waals surface area contributed by atoms with Crippen LogP contribution in [0.25, 0.3) is 0 Å². The zero-order valence-electron chi connectivity index (χ0n) is 21.2. The number of carbonyl (C=O) groups excluding carboxylic acids is 1. The van der Waals surface area contributed by atoms with Crippen LogP contribution >= 0.6 is 0 Å². The largest absolute Gasteiger partial charge is 0.494 e. The molecule has 36 heavy (non-hydrogen) atoms. The van der Waals surface area contributed by atoms with E-state index in [9.17, 15) is 4.79 Å². The minimum absolute atomic E-state index is 0.155. The maximum absolute atomic E-state index is 12.2. The zero-order chi connectivity index (χ0) is 25.7. The minimum Gasteiger partial charge on any atom is -0.494 e. The second-order valence-corrected chi connectivity index (χ2v) is 8.71. The second-order valence-electron chi connectivity index (χ2n) is 8.71. The molecular formula is C27H33N7O2. The van der Waals surface area contributed by atoms with Gasteiger partial charge in [-0.15, -0.1) is 0 Å². The number of aromatic nitrogens is 2. The van der Waals surface area contributed by atoms with E-state index in [-0.39, 0.29) is 11.8 Å². The summed E-state index contributed by atoms with van der Waals surface area (Å²) >= 11 is 0. The number of rotatable bonds is 10. The lowest BCUT2D eigenvalue weighted by Crippen LogP contribution is -2.28. The quantitative estimate of drug-likeness (QED) is 0.374. The molecule has 3 N–H and O–H groups in total. The highest BCUT2D eigenvalue weighted by atomic mass is 16.5. The van der Waals surface area contributed by atoms with Crippen LogP contribution in [0.1, 0.15) is 17.2 Å². The molecule has 1 aliphatic heterocycles. The summed E-state index contributed by atoms with van der Waals surface area (Å²) in [5.74, 6) is 0.923. The number of methoxy groups -OCH3 is 1. The average Bonchev–Trinajstić information content (AvgIpc) is 3.24. The van der Waals surface area contributed by atoms with Crippen LogP contribution in [0.5, 0.6) is 5.75 Å². The zero-order valence-corrected chi connectivity index (χ0v) is 21.2. The number of benzene rings is 2. The van der Waals surface area contributed by atoms with Gasteiger partial charge in [0.25, 0.3) is 0 Å². The second kappa shape index (κ2) is 11.1. The molecule has 9 heteroatoms. The number of likely N-dealkylation sites (N-methyl/N-ethyl adjacent to an activating group) is 3. The van der Waals surface area contributed by atoms with E-state index < -0.39 is 0 Å². The standard InChI is InChI=1S/C27H33N7O2/c1-6-26(35)30-21-15-22(25(36-5)16-24(21)33(3)14-13-28-2)32-27-29-12-11-20(31-27)19-17-34(4)23-10-8-7-9-18(19)23/h6-12,15-16,19,28H,1,13-14,17H2,2-5H3,(H,30,35)(H,29,31,32). The molecular weight excluding hydrogens is 454 g/mol. The predicted octanol–water partition coefficient (Wildman–Crippen LogP) is 3.59. The molecule has 2 aromatic carbocycles. The first-order chi connectivity index (χ1) is 17.4. The van der Waals surface area contributed by atoms with Gasteiger partial charge in [-0.1, -0.05) is 24.8 Å². The van der Waals surface area contributed by atoms with E-state index in [1.54, 1.807) is 13.3 Å². The number of nitrogens with one attached hydrogen (secondary N) is 3. The molecule has 0 fully saturated rings. The lowest BCUT2D eigenvalue weighted by Gasteiger charge is -2.24. The van der Waals surface area contributed by atoms with Crippen LogP contribution in [0.4, 0.5) is 28.7 Å². The fraction of sp³-hybridized carbons (Fsp3) is 0.296. The number of hydrogen-bond donors (Lipinski definition) is 3. The highest BCUT2D eigenvalue weighted by molar-refractivity contribution is 6.02. The van der Waals surface area contributed by atoms with Gasteiger partial charge in [0, 0.05) is 57.6 Å². The highest BCUT2D eigenvalue weighted by Crippen LogP contribution is 2.40. The molecule has 0 saturated carbocycles. The molecule has 1 aromatic heterocycles. The molecule has 1 amide bonds. The molecule has 0 bridgehead atoms. The summed E-state index contributed by atoms with van der Waals surface area (Å²) in [4.78, 5) is 25.8. The van der Waals surface area contributed by atoms with Crippen LogP contribution < -0.4 is 30.5 Å². The van der Waals surface area contributed by atoms with Crippen molar-refractivity contribution in [3.05, 3.63) is 72.6 Å². The number of nitrogens with zero attached hydrogens (tertiary/aromatic N) is 4. The predicted molar refractivity (Wildman–Crippen MR) is 146 cm³/mol. The van der Waals surface area contributed by atoms with E-state index in [1.807, 2.05) is 37.2 Å². The van der Waals surface area contributed by atoms with Gasteiger partial charge in [0.05, 0.1) is 29.9 Å². The first kappa shape index (κ1) is 25.0. The Bertz CT molecular complexity index is 1250. The van der Waals surface area contributed by atoms with Gasteiger partial charge in [-0.05, 0) is 36.9 Å². The van der Waals surface area contributed by atoms with Gasteiger partial charge in [-0.25, -0.2) is 9.97 Å². The Balaban J connectivity index is 1.67. The van der Waals surface area contributed by atoms with Crippen LogP contribution in [-0.4, -0.2) is 63.8 Å². The first-order valence-corrected chi connectivity index (χ1v) is 11.9. The maximum Gasteiger partial charge on any atom is 0.247 e. The number of fused-ring (bicyclic) bond motifs is 1. The highest BCUT2D eigenvalue weighted by Gasteiger charge is 2.28. The Morgan fingerprint density at radius 1 is 1.28 bits per heavy atom. The van der Waals surface area contributed by atoms with Crippen LogP contribution in [0.3, 0.4) is 0 Å². The Labute approximate surface area is 212 Å². The number of ether oxygens (including phenoxy) is 1. The maximum atomic E-state index is 12.2. The summed E-state index contributed by atoms with van der Waals surface area (Å²) in [6.07, 6.45) is 3.01. The Kier molecular flexibility index (Phi) is 7.70. The summed E-state index contributed by atoms with van der Waals surface area (Å²) < 4.78 is 5.69. The van der Waals surface area contributed by atoms with Gasteiger partial charge >= 0.3 is 0 Å². The first-order valence-electron chi connectivity index (χ1n) is 11.9. The molecule has 0 saturated heterocycles. The third-order valence-corrected chi connectivity index (χ3v) is 6.33. The Morgan fingerprint density at radius 3 is 2.83 bits per heavy atom. The smallest absolute Gasteiger partial charge is 0.247 e. The Morgan fingerprint density at radius 2 is 2.08 bits per heavy atom. The third-order valence-electron chi connectivity index (χ3n) is 6.33. The number of hydrogen-bond acceptors (Lipinski definition) is 8. The average molecular weight is 488 g/mol. The van der Waals surface area contributed by atoms with E-state index in [0.29, 0.717) is 23.1 Å². The van der Waals surface area contributed by atoms with E-state index in [2.05, 4.69) is 63.7 Å². The van der Waals surface area contributed by atoms with Gasteiger partial charge in [0.15, 0.2) is 0 Å². The van der Waals surface area contributed by atoms with E-state index in [1.165, 1.54) is 17.3 Å². The van der Waals surface area contributed by atoms with Gasteiger partial charge in [-0.2, -0.15) is 0 Å². The summed E-state index contributed by atoms with van der Waals surface area (Å²) in [7, 11) is 7.57. The third kappa shape index (κ3) is 5.26. The number of carbonyl (C=O) groups is 1. The topological polar surface area (TPSA) is 94.7 Å². The molecule has 1 atom stereocenters. The fourth-order valence-electron chi connectivity index (χ4n) is 4.44.